The first-order chi connectivity index (χ1) is 8.11. The lowest BCUT2D eigenvalue weighted by atomic mass is 10.1. The molecule has 1 N–H and O–H groups in total. The Balaban J connectivity index is 1.92. The van der Waals surface area contributed by atoms with Gasteiger partial charge >= 0.3 is 0 Å². The van der Waals surface area contributed by atoms with Crippen LogP contribution in [0.2, 0.25) is 0 Å². The fourth-order valence-corrected chi connectivity index (χ4v) is 2.90. The van der Waals surface area contributed by atoms with Crippen LogP contribution in [-0.2, 0) is 9.59 Å². The minimum absolute atomic E-state index is 0.0968. The van der Waals surface area contributed by atoms with E-state index in [2.05, 4.69) is 17.2 Å². The Morgan fingerprint density at radius 3 is 2.94 bits per heavy atom. The number of likely N-dealkylation sites (N-methyl/N-ethyl adjacent to an activating group) is 1. The molecule has 94 valence electrons. The molecule has 0 spiro atoms. The summed E-state index contributed by atoms with van der Waals surface area (Å²) in [6.45, 7) is 2.95. The lowest BCUT2D eigenvalue weighted by Gasteiger charge is -2.28. The van der Waals surface area contributed by atoms with Crippen molar-refractivity contribution < 1.29 is 9.59 Å². The van der Waals surface area contributed by atoms with Crippen LogP contribution >= 0.6 is 11.8 Å². The van der Waals surface area contributed by atoms with Gasteiger partial charge in [0.05, 0.1) is 6.54 Å². The van der Waals surface area contributed by atoms with Crippen molar-refractivity contribution in [1.82, 2.24) is 10.2 Å². The highest BCUT2D eigenvalue weighted by atomic mass is 32.2. The minimum atomic E-state index is -0.292. The molecule has 2 aliphatic heterocycles. The summed E-state index contributed by atoms with van der Waals surface area (Å²) in [4.78, 5) is 28.8. The second-order valence-electron chi connectivity index (χ2n) is 4.32. The molecule has 2 unspecified atom stereocenters. The second kappa shape index (κ2) is 5.08. The normalized spacial score (nSPS) is 29.5. The van der Waals surface area contributed by atoms with E-state index < -0.39 is 0 Å². The van der Waals surface area contributed by atoms with Crippen molar-refractivity contribution in [2.45, 2.75) is 37.5 Å². The quantitative estimate of drug-likeness (QED) is 0.734. The van der Waals surface area contributed by atoms with Crippen molar-refractivity contribution in [3.8, 4) is 0 Å². The van der Waals surface area contributed by atoms with Crippen molar-refractivity contribution in [2.75, 3.05) is 13.6 Å². The number of aliphatic imine (C=N–C) groups is 1. The number of hydrogen-bond acceptors (Lipinski definition) is 5. The van der Waals surface area contributed by atoms with E-state index in [1.165, 1.54) is 11.9 Å². The van der Waals surface area contributed by atoms with Gasteiger partial charge in [0.15, 0.2) is 5.17 Å². The topological polar surface area (TPSA) is 61.8 Å². The lowest BCUT2D eigenvalue weighted by molar-refractivity contribution is -0.147. The van der Waals surface area contributed by atoms with E-state index in [1.807, 2.05) is 0 Å². The van der Waals surface area contributed by atoms with Crippen molar-refractivity contribution >= 4 is 28.7 Å². The number of hydrogen-bond donors (Lipinski definition) is 1. The third-order valence-electron chi connectivity index (χ3n) is 3.12. The van der Waals surface area contributed by atoms with Gasteiger partial charge in [-0.05, 0) is 12.8 Å². The van der Waals surface area contributed by atoms with Gasteiger partial charge in [-0.25, -0.2) is 0 Å². The third kappa shape index (κ3) is 2.62. The molecule has 2 rings (SSSR count). The predicted octanol–water partition coefficient (Wildman–Crippen LogP) is 0.605. The van der Waals surface area contributed by atoms with Crippen LogP contribution < -0.4 is 5.32 Å². The molecular weight excluding hydrogens is 238 g/mol. The zero-order chi connectivity index (χ0) is 12.4. The first-order valence-corrected chi connectivity index (χ1v) is 6.77. The molecule has 1 fully saturated rings. The third-order valence-corrected chi connectivity index (χ3v) is 4.41. The van der Waals surface area contributed by atoms with Crippen LogP contribution in [0.15, 0.2) is 4.99 Å². The van der Waals surface area contributed by atoms with Crippen LogP contribution in [0.5, 0.6) is 0 Å². The number of carbonyl (C=O) groups is 2. The fourth-order valence-electron chi connectivity index (χ4n) is 1.91. The molecule has 0 bridgehead atoms. The number of likely N-dealkylation sites (tertiary alicyclic amines) is 1. The monoisotopic (exact) mass is 255 g/mol. The summed E-state index contributed by atoms with van der Waals surface area (Å²) >= 11 is 1.69. The largest absolute Gasteiger partial charge is 0.353 e. The predicted molar refractivity (Wildman–Crippen MR) is 67.9 cm³/mol. The van der Waals surface area contributed by atoms with E-state index in [9.17, 15) is 9.59 Å². The van der Waals surface area contributed by atoms with Gasteiger partial charge in [0.1, 0.15) is 6.04 Å². The number of amidine groups is 1. The highest BCUT2D eigenvalue weighted by Gasteiger charge is 2.33. The summed E-state index contributed by atoms with van der Waals surface area (Å²) in [5.41, 5.74) is 0. The van der Waals surface area contributed by atoms with Crippen LogP contribution in [-0.4, -0.2) is 46.8 Å². The maximum atomic E-state index is 11.9. The van der Waals surface area contributed by atoms with Crippen LogP contribution in [0.4, 0.5) is 0 Å². The van der Waals surface area contributed by atoms with Crippen LogP contribution in [0.1, 0.15) is 26.2 Å². The molecular formula is C11H17N3O2S. The summed E-state index contributed by atoms with van der Waals surface area (Å²) in [6, 6.07) is -0.292. The van der Waals surface area contributed by atoms with E-state index in [4.69, 9.17) is 0 Å². The van der Waals surface area contributed by atoms with Gasteiger partial charge in [-0.3, -0.25) is 19.5 Å². The standard InChI is InChI=1S/C11H17N3O2S/c1-3-7-6-12-11(17-7)13-8-4-5-9(15)14(2)10(8)16/h7-8H,3-6H2,1-2H3,(H,12,13). The smallest absolute Gasteiger partial charge is 0.251 e. The highest BCUT2D eigenvalue weighted by molar-refractivity contribution is 8.14. The zero-order valence-corrected chi connectivity index (χ0v) is 10.9. The number of nitrogens with zero attached hydrogens (tertiary/aromatic N) is 2. The first kappa shape index (κ1) is 12.4. The second-order valence-corrected chi connectivity index (χ2v) is 5.61. The van der Waals surface area contributed by atoms with E-state index in [-0.39, 0.29) is 17.9 Å². The molecule has 0 aromatic carbocycles. The van der Waals surface area contributed by atoms with Gasteiger partial charge in [-0.2, -0.15) is 0 Å². The molecule has 0 radical (unpaired) electrons. The maximum absolute atomic E-state index is 11.9. The Morgan fingerprint density at radius 2 is 2.29 bits per heavy atom. The molecule has 17 heavy (non-hydrogen) atoms. The number of amides is 2. The molecule has 5 nitrogen and oxygen atoms in total. The van der Waals surface area contributed by atoms with Gasteiger partial charge in [0.2, 0.25) is 5.91 Å². The number of rotatable bonds is 2. The number of imide groups is 1. The number of carbonyl (C=O) groups excluding carboxylic acids is 2. The van der Waals surface area contributed by atoms with Gasteiger partial charge < -0.3 is 5.32 Å². The summed E-state index contributed by atoms with van der Waals surface area (Å²) < 4.78 is 0. The van der Waals surface area contributed by atoms with Crippen LogP contribution in [0.3, 0.4) is 0 Å². The van der Waals surface area contributed by atoms with Crippen molar-refractivity contribution in [3.05, 3.63) is 0 Å². The van der Waals surface area contributed by atoms with E-state index in [1.54, 1.807) is 11.8 Å². The molecule has 2 amide bonds. The number of thioether (sulfide) groups is 1. The molecule has 0 aromatic heterocycles. The molecule has 2 atom stereocenters. The van der Waals surface area contributed by atoms with Gasteiger partial charge in [-0.1, -0.05) is 18.7 Å². The van der Waals surface area contributed by atoms with Crippen molar-refractivity contribution in [2.24, 2.45) is 4.99 Å². The van der Waals surface area contributed by atoms with Crippen LogP contribution in [0.25, 0.3) is 0 Å². The number of nitrogens with one attached hydrogen (secondary N) is 1. The maximum Gasteiger partial charge on any atom is 0.251 e. The first-order valence-electron chi connectivity index (χ1n) is 5.90. The minimum Gasteiger partial charge on any atom is -0.353 e. The Hall–Kier alpha value is -1.04. The van der Waals surface area contributed by atoms with Gasteiger partial charge in [0, 0.05) is 18.7 Å². The molecule has 0 saturated carbocycles. The molecule has 0 aromatic rings. The Labute approximate surface area is 105 Å². The Kier molecular flexibility index (Phi) is 3.71. The summed E-state index contributed by atoms with van der Waals surface area (Å²) in [5, 5.41) is 4.52. The molecule has 2 heterocycles. The Bertz CT molecular complexity index is 370. The SMILES string of the molecule is CCC1CN=C(NC2CCC(=O)N(C)C2=O)S1. The van der Waals surface area contributed by atoms with Crippen molar-refractivity contribution in [1.29, 1.82) is 0 Å². The van der Waals surface area contributed by atoms with E-state index >= 15 is 0 Å². The molecule has 2 aliphatic rings. The molecule has 6 heteroatoms. The van der Waals surface area contributed by atoms with Gasteiger partial charge in [-0.15, -0.1) is 0 Å². The van der Waals surface area contributed by atoms with Gasteiger partial charge in [0.25, 0.3) is 5.91 Å². The number of piperidine rings is 1. The zero-order valence-electron chi connectivity index (χ0n) is 10.1. The molecule has 0 aliphatic carbocycles. The summed E-state index contributed by atoms with van der Waals surface area (Å²) in [5.74, 6) is -0.245. The average molecular weight is 255 g/mol. The Morgan fingerprint density at radius 1 is 1.53 bits per heavy atom. The van der Waals surface area contributed by atoms with E-state index in [0.717, 1.165) is 18.1 Å². The van der Waals surface area contributed by atoms with Crippen molar-refractivity contribution in [3.63, 3.8) is 0 Å². The summed E-state index contributed by atoms with van der Waals surface area (Å²) in [7, 11) is 1.54. The van der Waals surface area contributed by atoms with Crippen LogP contribution in [0, 0.1) is 0 Å². The van der Waals surface area contributed by atoms with E-state index in [0.29, 0.717) is 18.1 Å². The fraction of sp³-hybridized carbons (Fsp3) is 0.727. The average Bonchev–Trinajstić information content (AvgIpc) is 2.78. The highest BCUT2D eigenvalue weighted by Crippen LogP contribution is 2.23. The molecule has 1 saturated heterocycles. The lowest BCUT2D eigenvalue weighted by Crippen LogP contribution is -2.52. The summed E-state index contributed by atoms with van der Waals surface area (Å²) in [6.07, 6.45) is 2.07.